The van der Waals surface area contributed by atoms with Gasteiger partial charge in [-0.25, -0.2) is 13.6 Å². The van der Waals surface area contributed by atoms with Gasteiger partial charge in [0.05, 0.1) is 16.2 Å². The number of pyridine rings is 1. The molecule has 0 radical (unpaired) electrons. The Bertz CT molecular complexity index is 970. The van der Waals surface area contributed by atoms with Crippen molar-refractivity contribution in [1.29, 1.82) is 0 Å². The molecule has 6 nitrogen and oxygen atoms in total. The second kappa shape index (κ2) is 6.24. The number of thioether (sulfide) groups is 1. The minimum Gasteiger partial charge on any atom is -0.477 e. The highest BCUT2D eigenvalue weighted by Gasteiger charge is 2.35. The monoisotopic (exact) mass is 381 g/mol. The van der Waals surface area contributed by atoms with Gasteiger partial charge in [-0.1, -0.05) is 11.8 Å². The molecule has 9 heteroatoms. The van der Waals surface area contributed by atoms with Gasteiger partial charge < -0.3 is 19.5 Å². The Morgan fingerprint density at radius 3 is 2.62 bits per heavy atom. The Labute approximate surface area is 152 Å². The fourth-order valence-electron chi connectivity index (χ4n) is 3.51. The number of alkyl halides is 1. The molecule has 0 bridgehead atoms. The van der Waals surface area contributed by atoms with E-state index >= 15 is 0 Å². The van der Waals surface area contributed by atoms with Gasteiger partial charge in [0.15, 0.2) is 0 Å². The van der Waals surface area contributed by atoms with Gasteiger partial charge in [0.1, 0.15) is 23.4 Å². The Kier molecular flexibility index (Phi) is 4.15. The second-order valence-electron chi connectivity index (χ2n) is 6.52. The van der Waals surface area contributed by atoms with Crippen molar-refractivity contribution in [2.45, 2.75) is 10.4 Å². The van der Waals surface area contributed by atoms with Gasteiger partial charge in [0, 0.05) is 31.6 Å². The molecule has 1 unspecified atom stereocenters. The first-order valence-electron chi connectivity index (χ1n) is 8.23. The molecule has 0 spiro atoms. The molecule has 1 atom stereocenters. The summed E-state index contributed by atoms with van der Waals surface area (Å²) in [5, 5.41) is 8.95. The SMILES string of the molecule is CN1CCN(c2cc3c(cc2F)c(=O)c(C(=O)O)c2n3C(CF)S2)CC1. The molecule has 1 fully saturated rings. The van der Waals surface area contributed by atoms with Crippen LogP contribution in [0.5, 0.6) is 0 Å². The molecule has 2 aliphatic heterocycles. The number of aromatic carboxylic acids is 1. The lowest BCUT2D eigenvalue weighted by Gasteiger charge is -2.36. The molecule has 1 aromatic heterocycles. The average molecular weight is 381 g/mol. The first-order chi connectivity index (χ1) is 12.4. The second-order valence-corrected chi connectivity index (χ2v) is 7.69. The van der Waals surface area contributed by atoms with Crippen LogP contribution >= 0.6 is 11.8 Å². The van der Waals surface area contributed by atoms with Crippen LogP contribution in [0.25, 0.3) is 10.9 Å². The van der Waals surface area contributed by atoms with Crippen molar-refractivity contribution >= 4 is 34.3 Å². The number of rotatable bonds is 3. The normalized spacial score (nSPS) is 20.1. The average Bonchev–Trinajstić information content (AvgIpc) is 2.58. The summed E-state index contributed by atoms with van der Waals surface area (Å²) in [6, 6.07) is 2.64. The van der Waals surface area contributed by atoms with Gasteiger partial charge >= 0.3 is 5.97 Å². The van der Waals surface area contributed by atoms with Gasteiger partial charge in [-0.15, -0.1) is 0 Å². The van der Waals surface area contributed by atoms with E-state index in [0.717, 1.165) is 30.9 Å². The Balaban J connectivity index is 1.93. The summed E-state index contributed by atoms with van der Waals surface area (Å²) < 4.78 is 29.5. The van der Waals surface area contributed by atoms with E-state index in [1.165, 1.54) is 4.57 Å². The number of carboxylic acid groups (broad SMARTS) is 1. The summed E-state index contributed by atoms with van der Waals surface area (Å²) in [5.41, 5.74) is -0.407. The number of piperazine rings is 1. The van der Waals surface area contributed by atoms with E-state index in [1.54, 1.807) is 6.07 Å². The van der Waals surface area contributed by atoms with Crippen molar-refractivity contribution in [3.05, 3.63) is 33.7 Å². The summed E-state index contributed by atoms with van der Waals surface area (Å²) in [7, 11) is 1.99. The Morgan fingerprint density at radius 1 is 1.31 bits per heavy atom. The van der Waals surface area contributed by atoms with Crippen molar-refractivity contribution in [2.75, 3.05) is 44.8 Å². The van der Waals surface area contributed by atoms with Crippen molar-refractivity contribution in [3.63, 3.8) is 0 Å². The third-order valence-corrected chi connectivity index (χ3v) is 6.19. The molecule has 4 rings (SSSR count). The van der Waals surface area contributed by atoms with E-state index < -0.39 is 34.8 Å². The highest BCUT2D eigenvalue weighted by Crippen LogP contribution is 2.47. The summed E-state index contributed by atoms with van der Waals surface area (Å²) in [4.78, 5) is 28.1. The molecular weight excluding hydrogens is 364 g/mol. The molecule has 3 heterocycles. The zero-order valence-corrected chi connectivity index (χ0v) is 14.9. The number of fused-ring (bicyclic) bond motifs is 3. The van der Waals surface area contributed by atoms with Crippen molar-refractivity contribution in [2.24, 2.45) is 0 Å². The van der Waals surface area contributed by atoms with Gasteiger partial charge in [-0.3, -0.25) is 4.79 Å². The fraction of sp³-hybridized carbons (Fsp3) is 0.412. The third-order valence-electron chi connectivity index (χ3n) is 4.95. The van der Waals surface area contributed by atoms with Gasteiger partial charge in [0.25, 0.3) is 0 Å². The van der Waals surface area contributed by atoms with Crippen LogP contribution in [-0.4, -0.2) is 60.4 Å². The summed E-state index contributed by atoms with van der Waals surface area (Å²) in [5.74, 6) is -1.95. The van der Waals surface area contributed by atoms with Crippen LogP contribution in [0, 0.1) is 5.82 Å². The number of aromatic nitrogens is 1. The summed E-state index contributed by atoms with van der Waals surface area (Å²) >= 11 is 1.02. The molecule has 2 aliphatic rings. The van der Waals surface area contributed by atoms with Crippen molar-refractivity contribution in [1.82, 2.24) is 9.47 Å². The van der Waals surface area contributed by atoms with Crippen LogP contribution in [0.3, 0.4) is 0 Å². The first-order valence-corrected chi connectivity index (χ1v) is 9.11. The Hall–Kier alpha value is -2.13. The van der Waals surface area contributed by atoms with Crippen molar-refractivity contribution in [3.8, 4) is 0 Å². The minimum absolute atomic E-state index is 0.0275. The predicted octanol–water partition coefficient (Wildman–Crippen LogP) is 2.16. The van der Waals surface area contributed by atoms with Gasteiger partial charge in [0.2, 0.25) is 5.43 Å². The number of halogens is 2. The minimum atomic E-state index is -1.38. The highest BCUT2D eigenvalue weighted by atomic mass is 32.2. The van der Waals surface area contributed by atoms with E-state index in [4.69, 9.17) is 0 Å². The number of benzene rings is 1. The van der Waals surface area contributed by atoms with Crippen LogP contribution in [0.1, 0.15) is 15.7 Å². The number of likely N-dealkylation sites (N-methyl/N-ethyl adjacent to an activating group) is 1. The molecule has 0 amide bonds. The fourth-order valence-corrected chi connectivity index (χ4v) is 4.63. The molecular formula is C17H17F2N3O3S. The van der Waals surface area contributed by atoms with Gasteiger partial charge in [-0.2, -0.15) is 0 Å². The summed E-state index contributed by atoms with van der Waals surface area (Å²) in [6.07, 6.45) is 0. The maximum atomic E-state index is 14.7. The van der Waals surface area contributed by atoms with E-state index in [9.17, 15) is 23.5 Å². The number of anilines is 1. The standard InChI is InChI=1S/C17H17F2N3O3S/c1-20-2-4-21(5-3-20)12-7-11-9(6-10(12)19)15(23)14(17(24)25)16-22(11)13(8-18)26-16/h6-7,13H,2-5,8H2,1H3,(H,24,25). The van der Waals surface area contributed by atoms with Crippen molar-refractivity contribution < 1.29 is 18.7 Å². The zero-order valence-electron chi connectivity index (χ0n) is 14.0. The molecule has 0 saturated carbocycles. The molecule has 2 aromatic rings. The maximum absolute atomic E-state index is 14.7. The van der Waals surface area contributed by atoms with Crippen LogP contribution < -0.4 is 10.3 Å². The molecule has 1 N–H and O–H groups in total. The molecule has 138 valence electrons. The number of hydrogen-bond acceptors (Lipinski definition) is 5. The maximum Gasteiger partial charge on any atom is 0.342 e. The van der Waals surface area contributed by atoms with Gasteiger partial charge in [-0.05, 0) is 19.2 Å². The van der Waals surface area contributed by atoms with Crippen LogP contribution in [0.2, 0.25) is 0 Å². The van der Waals surface area contributed by atoms with Crippen LogP contribution in [-0.2, 0) is 0 Å². The largest absolute Gasteiger partial charge is 0.477 e. The number of carbonyl (C=O) groups is 1. The van der Waals surface area contributed by atoms with E-state index in [0.29, 0.717) is 24.3 Å². The van der Waals surface area contributed by atoms with Crippen LogP contribution in [0.15, 0.2) is 22.0 Å². The topological polar surface area (TPSA) is 65.8 Å². The lowest BCUT2D eigenvalue weighted by molar-refractivity contribution is 0.0689. The third kappa shape index (κ3) is 2.49. The number of carboxylic acids is 1. The Morgan fingerprint density at radius 2 is 2.00 bits per heavy atom. The molecule has 0 aliphatic carbocycles. The smallest absolute Gasteiger partial charge is 0.342 e. The quantitative estimate of drug-likeness (QED) is 0.879. The summed E-state index contributed by atoms with van der Waals surface area (Å²) in [6.45, 7) is 2.16. The number of nitrogens with zero attached hydrogens (tertiary/aromatic N) is 3. The number of hydrogen-bond donors (Lipinski definition) is 1. The first kappa shape index (κ1) is 17.3. The van der Waals surface area contributed by atoms with Crippen LogP contribution in [0.4, 0.5) is 14.5 Å². The van der Waals surface area contributed by atoms with E-state index in [-0.39, 0.29) is 10.4 Å². The zero-order chi connectivity index (χ0) is 18.6. The lowest BCUT2D eigenvalue weighted by Crippen LogP contribution is -2.44. The molecule has 1 saturated heterocycles. The van der Waals surface area contributed by atoms with E-state index in [1.807, 2.05) is 11.9 Å². The lowest BCUT2D eigenvalue weighted by atomic mass is 10.1. The highest BCUT2D eigenvalue weighted by molar-refractivity contribution is 8.00. The predicted molar refractivity (Wildman–Crippen MR) is 95.7 cm³/mol. The molecule has 26 heavy (non-hydrogen) atoms. The van der Waals surface area contributed by atoms with E-state index in [2.05, 4.69) is 4.90 Å². The molecule has 1 aromatic carbocycles.